The van der Waals surface area contributed by atoms with Gasteiger partial charge in [0, 0.05) is 23.3 Å². The Morgan fingerprint density at radius 1 is 1.32 bits per heavy atom. The number of furan rings is 1. The van der Waals surface area contributed by atoms with Crippen LogP contribution < -0.4 is 0 Å². The van der Waals surface area contributed by atoms with Crippen LogP contribution in [-0.2, 0) is 6.42 Å². The molecule has 0 aliphatic carbocycles. The molecular weight excluding hydrogens is 304 g/mol. The molecule has 3 aromatic rings. The zero-order chi connectivity index (χ0) is 15.9. The van der Waals surface area contributed by atoms with E-state index in [1.807, 2.05) is 0 Å². The van der Waals surface area contributed by atoms with Crippen LogP contribution in [0, 0.1) is 5.82 Å². The zero-order valence-electron chi connectivity index (χ0n) is 11.0. The Balaban J connectivity index is 2.17. The molecule has 2 heterocycles. The fourth-order valence-corrected chi connectivity index (χ4v) is 2.36. The van der Waals surface area contributed by atoms with Crippen LogP contribution in [-0.4, -0.2) is 21.3 Å². The number of nitrogens with one attached hydrogen (secondary N) is 1. The van der Waals surface area contributed by atoms with Gasteiger partial charge in [-0.15, -0.1) is 0 Å². The molecule has 0 bridgehead atoms. The van der Waals surface area contributed by atoms with Crippen LogP contribution in [0.25, 0.3) is 11.0 Å². The molecule has 1 atom stereocenters. The highest BCUT2D eigenvalue weighted by atomic mass is 19.4. The largest absolute Gasteiger partial charge is 0.461 e. The van der Waals surface area contributed by atoms with Gasteiger partial charge in [0.05, 0.1) is 12.7 Å². The Hall–Kier alpha value is -2.35. The molecule has 0 amide bonds. The molecule has 4 nitrogen and oxygen atoms in total. The highest BCUT2D eigenvalue weighted by molar-refractivity contribution is 5.86. The molecule has 0 spiro atoms. The van der Waals surface area contributed by atoms with Crippen molar-refractivity contribution in [2.24, 2.45) is 0 Å². The summed E-state index contributed by atoms with van der Waals surface area (Å²) in [6.45, 7) is 0. The van der Waals surface area contributed by atoms with Crippen molar-refractivity contribution >= 4 is 11.0 Å². The molecule has 0 saturated heterocycles. The molecule has 22 heavy (non-hydrogen) atoms. The van der Waals surface area contributed by atoms with E-state index in [2.05, 4.69) is 9.97 Å². The zero-order valence-corrected chi connectivity index (χ0v) is 11.0. The lowest BCUT2D eigenvalue weighted by atomic mass is 9.99. The van der Waals surface area contributed by atoms with Crippen LogP contribution in [0.3, 0.4) is 0 Å². The predicted octanol–water partition coefficient (Wildman–Crippen LogP) is 3.48. The number of H-pyrrole nitrogens is 1. The maximum Gasteiger partial charge on any atom is 0.393 e. The smallest absolute Gasteiger partial charge is 0.393 e. The van der Waals surface area contributed by atoms with Crippen molar-refractivity contribution in [3.05, 3.63) is 53.6 Å². The molecule has 0 saturated carbocycles. The quantitative estimate of drug-likeness (QED) is 0.728. The minimum atomic E-state index is -4.48. The molecule has 2 N–H and O–H groups in total. The van der Waals surface area contributed by atoms with Crippen LogP contribution in [0.1, 0.15) is 23.1 Å². The first-order valence-electron chi connectivity index (χ1n) is 6.29. The Morgan fingerprint density at radius 2 is 2.09 bits per heavy atom. The van der Waals surface area contributed by atoms with Crippen LogP contribution in [0.4, 0.5) is 17.6 Å². The van der Waals surface area contributed by atoms with Gasteiger partial charge >= 0.3 is 6.18 Å². The number of aromatic amines is 1. The number of hydrogen-bond acceptors (Lipinski definition) is 3. The number of aliphatic hydroxyl groups is 1. The Kier molecular flexibility index (Phi) is 3.40. The molecule has 0 aliphatic heterocycles. The maximum absolute atomic E-state index is 13.7. The highest BCUT2D eigenvalue weighted by Gasteiger charge is 2.31. The first-order valence-corrected chi connectivity index (χ1v) is 6.29. The monoisotopic (exact) mass is 314 g/mol. The number of imidazole rings is 1. The standard InChI is InChI=1S/C14H10F4N2O2/c15-9-2-1-8(11(21)13-19-3-4-20-13)10-7(5-14(16,17)18)6-22-12(9)10/h1-4,6,11,21H,5H2,(H,19,20). The number of aromatic nitrogens is 2. The van der Waals surface area contributed by atoms with E-state index in [-0.39, 0.29) is 27.9 Å². The third-order valence-electron chi connectivity index (χ3n) is 3.25. The van der Waals surface area contributed by atoms with Gasteiger partial charge in [-0.3, -0.25) is 0 Å². The highest BCUT2D eigenvalue weighted by Crippen LogP contribution is 2.35. The number of fused-ring (bicyclic) bond motifs is 1. The van der Waals surface area contributed by atoms with Crippen molar-refractivity contribution in [2.75, 3.05) is 0 Å². The van der Waals surface area contributed by atoms with E-state index in [0.717, 1.165) is 12.3 Å². The van der Waals surface area contributed by atoms with Crippen LogP contribution in [0.2, 0.25) is 0 Å². The maximum atomic E-state index is 13.7. The number of nitrogens with zero attached hydrogens (tertiary/aromatic N) is 1. The Labute approximate surface area is 121 Å². The van der Waals surface area contributed by atoms with Gasteiger partial charge in [-0.1, -0.05) is 6.07 Å². The van der Waals surface area contributed by atoms with Crippen LogP contribution in [0.15, 0.2) is 35.2 Å². The normalized spacial score (nSPS) is 13.7. The van der Waals surface area contributed by atoms with Gasteiger partial charge in [-0.05, 0) is 11.6 Å². The lowest BCUT2D eigenvalue weighted by Gasteiger charge is -2.12. The molecule has 116 valence electrons. The van der Waals surface area contributed by atoms with Gasteiger partial charge in [-0.25, -0.2) is 9.37 Å². The van der Waals surface area contributed by atoms with E-state index >= 15 is 0 Å². The average molecular weight is 314 g/mol. The fraction of sp³-hybridized carbons (Fsp3) is 0.214. The lowest BCUT2D eigenvalue weighted by molar-refractivity contribution is -0.127. The molecule has 8 heteroatoms. The van der Waals surface area contributed by atoms with E-state index in [1.165, 1.54) is 18.5 Å². The van der Waals surface area contributed by atoms with Gasteiger partial charge in [0.2, 0.25) is 0 Å². The summed E-state index contributed by atoms with van der Waals surface area (Å²) in [6.07, 6.45) is -3.35. The van der Waals surface area contributed by atoms with Gasteiger partial charge in [-0.2, -0.15) is 13.2 Å². The first kappa shape index (κ1) is 14.6. The topological polar surface area (TPSA) is 62.1 Å². The molecule has 1 aromatic carbocycles. The second-order valence-electron chi connectivity index (χ2n) is 4.77. The molecular formula is C14H10F4N2O2. The second kappa shape index (κ2) is 5.13. The summed E-state index contributed by atoms with van der Waals surface area (Å²) in [5.74, 6) is -0.647. The Morgan fingerprint density at radius 3 is 2.73 bits per heavy atom. The summed E-state index contributed by atoms with van der Waals surface area (Å²) in [6, 6.07) is 2.25. The summed E-state index contributed by atoms with van der Waals surface area (Å²) < 4.78 is 56.6. The van der Waals surface area contributed by atoms with Crippen molar-refractivity contribution in [3.8, 4) is 0 Å². The predicted molar refractivity (Wildman–Crippen MR) is 68.6 cm³/mol. The second-order valence-corrected chi connectivity index (χ2v) is 4.77. The lowest BCUT2D eigenvalue weighted by Crippen LogP contribution is -2.12. The first-order chi connectivity index (χ1) is 10.4. The Bertz CT molecular complexity index is 793. The summed E-state index contributed by atoms with van der Waals surface area (Å²) in [4.78, 5) is 6.53. The van der Waals surface area contributed by atoms with Gasteiger partial charge in [0.15, 0.2) is 11.4 Å². The minimum Gasteiger partial charge on any atom is -0.461 e. The summed E-state index contributed by atoms with van der Waals surface area (Å²) >= 11 is 0. The van der Waals surface area contributed by atoms with Gasteiger partial charge < -0.3 is 14.5 Å². The molecule has 0 radical (unpaired) electrons. The number of alkyl halides is 3. The van der Waals surface area contributed by atoms with Crippen molar-refractivity contribution in [2.45, 2.75) is 18.7 Å². The van der Waals surface area contributed by atoms with E-state index < -0.39 is 24.5 Å². The third kappa shape index (κ3) is 2.57. The molecule has 1 unspecified atom stereocenters. The number of halogens is 4. The molecule has 0 aliphatic rings. The number of benzene rings is 1. The average Bonchev–Trinajstić information content (AvgIpc) is 3.07. The van der Waals surface area contributed by atoms with Crippen molar-refractivity contribution in [1.29, 1.82) is 0 Å². The fourth-order valence-electron chi connectivity index (χ4n) is 2.36. The van der Waals surface area contributed by atoms with E-state index in [9.17, 15) is 22.7 Å². The molecule has 0 fully saturated rings. The van der Waals surface area contributed by atoms with E-state index in [1.54, 1.807) is 0 Å². The van der Waals surface area contributed by atoms with Crippen molar-refractivity contribution in [3.63, 3.8) is 0 Å². The molecule has 2 aromatic heterocycles. The van der Waals surface area contributed by atoms with Crippen molar-refractivity contribution in [1.82, 2.24) is 9.97 Å². The molecule has 3 rings (SSSR count). The summed E-state index contributed by atoms with van der Waals surface area (Å²) in [5, 5.41) is 10.2. The number of aliphatic hydroxyl groups excluding tert-OH is 1. The van der Waals surface area contributed by atoms with Gasteiger partial charge in [0.1, 0.15) is 11.9 Å². The minimum absolute atomic E-state index is 0.0822. The van der Waals surface area contributed by atoms with E-state index in [4.69, 9.17) is 4.42 Å². The van der Waals surface area contributed by atoms with Crippen LogP contribution in [0.5, 0.6) is 0 Å². The summed E-state index contributed by atoms with van der Waals surface area (Å²) in [5.41, 5.74) is -0.454. The van der Waals surface area contributed by atoms with E-state index in [0.29, 0.717) is 0 Å². The van der Waals surface area contributed by atoms with Crippen LogP contribution >= 0.6 is 0 Å². The van der Waals surface area contributed by atoms with Crippen molar-refractivity contribution < 1.29 is 27.1 Å². The third-order valence-corrected chi connectivity index (χ3v) is 3.25. The number of hydrogen-bond donors (Lipinski definition) is 2. The van der Waals surface area contributed by atoms with Gasteiger partial charge in [0.25, 0.3) is 0 Å². The number of rotatable bonds is 3. The summed E-state index contributed by atoms with van der Waals surface area (Å²) in [7, 11) is 0. The SMILES string of the molecule is OC(c1ncc[nH]1)c1ccc(F)c2occ(CC(F)(F)F)c12.